The smallest absolute Gasteiger partial charge is 0.343 e. The van der Waals surface area contributed by atoms with Crippen LogP contribution in [0.4, 0.5) is 5.69 Å². The number of anilines is 1. The van der Waals surface area contributed by atoms with Gasteiger partial charge >= 0.3 is 5.97 Å². The van der Waals surface area contributed by atoms with Crippen LogP contribution in [0.3, 0.4) is 0 Å². The predicted octanol–water partition coefficient (Wildman–Crippen LogP) is 6.26. The quantitative estimate of drug-likeness (QED) is 0.168. The van der Waals surface area contributed by atoms with E-state index in [1.807, 2.05) is 42.5 Å². The van der Waals surface area contributed by atoms with Crippen LogP contribution in [0, 0.1) is 11.3 Å². The molecule has 0 aliphatic carbocycles. The maximum Gasteiger partial charge on any atom is 0.343 e. The molecule has 0 spiro atoms. The Morgan fingerprint density at radius 3 is 2.36 bits per heavy atom. The minimum absolute atomic E-state index is 0.0492. The first-order valence-electron chi connectivity index (χ1n) is 10.0. The Morgan fingerprint density at radius 1 is 0.879 bits per heavy atom. The van der Waals surface area contributed by atoms with Crippen molar-refractivity contribution in [3.05, 3.63) is 113 Å². The average molecular weight is 453 g/mol. The lowest BCUT2D eigenvalue weighted by Crippen LogP contribution is -2.13. The van der Waals surface area contributed by atoms with Gasteiger partial charge in [-0.15, -0.1) is 0 Å². The summed E-state index contributed by atoms with van der Waals surface area (Å²) in [6.07, 6.45) is 1.47. The highest BCUT2D eigenvalue weighted by Crippen LogP contribution is 2.21. The third-order valence-corrected chi connectivity index (χ3v) is 5.07. The molecule has 4 rings (SSSR count). The summed E-state index contributed by atoms with van der Waals surface area (Å²) in [5.41, 5.74) is 1.50. The molecule has 0 saturated heterocycles. The predicted molar refractivity (Wildman–Crippen MR) is 129 cm³/mol. The number of esters is 1. The van der Waals surface area contributed by atoms with Crippen molar-refractivity contribution >= 4 is 46.0 Å². The van der Waals surface area contributed by atoms with Crippen molar-refractivity contribution in [1.82, 2.24) is 0 Å². The number of carbonyl (C=O) groups excluding carboxylic acids is 2. The minimum Gasteiger partial charge on any atom is -0.423 e. The molecule has 0 bridgehead atoms. The van der Waals surface area contributed by atoms with Gasteiger partial charge in [0, 0.05) is 10.7 Å². The maximum atomic E-state index is 12.6. The lowest BCUT2D eigenvalue weighted by molar-refractivity contribution is -0.112. The average Bonchev–Trinajstić information content (AvgIpc) is 2.83. The minimum atomic E-state index is -0.534. The number of halogens is 1. The van der Waals surface area contributed by atoms with Gasteiger partial charge in [0.2, 0.25) is 0 Å². The second-order valence-corrected chi connectivity index (χ2v) is 7.59. The summed E-state index contributed by atoms with van der Waals surface area (Å²) in [5.74, 6) is -0.714. The van der Waals surface area contributed by atoms with Crippen molar-refractivity contribution in [2.45, 2.75) is 0 Å². The summed E-state index contributed by atoms with van der Waals surface area (Å²) in [6.45, 7) is 0. The van der Waals surface area contributed by atoms with Crippen molar-refractivity contribution < 1.29 is 14.3 Å². The third kappa shape index (κ3) is 5.45. The fourth-order valence-corrected chi connectivity index (χ4v) is 3.38. The summed E-state index contributed by atoms with van der Waals surface area (Å²) < 4.78 is 5.34. The summed E-state index contributed by atoms with van der Waals surface area (Å²) in [5, 5.41) is 14.7. The molecule has 33 heavy (non-hydrogen) atoms. The monoisotopic (exact) mass is 452 g/mol. The number of hydrogen-bond donors (Lipinski definition) is 1. The van der Waals surface area contributed by atoms with E-state index < -0.39 is 11.9 Å². The number of hydrogen-bond acceptors (Lipinski definition) is 4. The lowest BCUT2D eigenvalue weighted by atomic mass is 10.1. The van der Waals surface area contributed by atoms with E-state index in [-0.39, 0.29) is 5.57 Å². The molecule has 0 aromatic heterocycles. The molecule has 4 aromatic rings. The number of fused-ring (bicyclic) bond motifs is 1. The molecule has 160 valence electrons. The lowest BCUT2D eigenvalue weighted by Gasteiger charge is -2.07. The second-order valence-electron chi connectivity index (χ2n) is 7.15. The van der Waals surface area contributed by atoms with E-state index in [4.69, 9.17) is 16.3 Å². The highest BCUT2D eigenvalue weighted by molar-refractivity contribution is 6.30. The fraction of sp³-hybridized carbons (Fsp3) is 0. The zero-order valence-corrected chi connectivity index (χ0v) is 18.0. The van der Waals surface area contributed by atoms with Crippen LogP contribution in [0.15, 0.2) is 96.6 Å². The van der Waals surface area contributed by atoms with E-state index in [9.17, 15) is 14.9 Å². The normalized spacial score (nSPS) is 11.0. The summed E-state index contributed by atoms with van der Waals surface area (Å²) in [6, 6.07) is 28.2. The standard InChI is InChI=1S/C27H17ClN2O3/c28-23-7-3-6-21(15-23)27(32)33-25-12-8-18(9-13-25)14-22(17-29)26(31)30-24-11-10-19-4-1-2-5-20(19)16-24/h1-16H,(H,30,31)/b22-14+. The Balaban J connectivity index is 1.45. The molecular weight excluding hydrogens is 436 g/mol. The van der Waals surface area contributed by atoms with Gasteiger partial charge in [-0.2, -0.15) is 5.26 Å². The topological polar surface area (TPSA) is 79.2 Å². The van der Waals surface area contributed by atoms with Crippen molar-refractivity contribution in [1.29, 1.82) is 5.26 Å². The molecule has 5 nitrogen and oxygen atoms in total. The van der Waals surface area contributed by atoms with E-state index in [0.717, 1.165) is 10.8 Å². The number of nitrogens with one attached hydrogen (secondary N) is 1. The van der Waals surface area contributed by atoms with Crippen LogP contribution in [0.1, 0.15) is 15.9 Å². The van der Waals surface area contributed by atoms with E-state index in [1.54, 1.807) is 48.5 Å². The molecule has 0 heterocycles. The second kappa shape index (κ2) is 9.82. The van der Waals surface area contributed by atoms with Crippen molar-refractivity contribution in [3.8, 4) is 11.8 Å². The first-order chi connectivity index (χ1) is 16.0. The van der Waals surface area contributed by atoms with E-state index in [0.29, 0.717) is 27.6 Å². The van der Waals surface area contributed by atoms with Crippen LogP contribution in [-0.4, -0.2) is 11.9 Å². The molecule has 6 heteroatoms. The van der Waals surface area contributed by atoms with E-state index >= 15 is 0 Å². The van der Waals surface area contributed by atoms with Crippen molar-refractivity contribution in [2.24, 2.45) is 0 Å². The van der Waals surface area contributed by atoms with Gasteiger partial charge in [0.15, 0.2) is 0 Å². The molecule has 1 N–H and O–H groups in total. The van der Waals surface area contributed by atoms with Crippen LogP contribution < -0.4 is 10.1 Å². The largest absolute Gasteiger partial charge is 0.423 e. The molecule has 0 unspecified atom stereocenters. The van der Waals surface area contributed by atoms with Gasteiger partial charge in [0.25, 0.3) is 5.91 Å². The number of ether oxygens (including phenoxy) is 1. The van der Waals surface area contributed by atoms with Gasteiger partial charge in [-0.3, -0.25) is 4.79 Å². The zero-order valence-electron chi connectivity index (χ0n) is 17.3. The van der Waals surface area contributed by atoms with Gasteiger partial charge < -0.3 is 10.1 Å². The summed E-state index contributed by atoms with van der Waals surface area (Å²) >= 11 is 5.90. The molecule has 0 aliphatic rings. The van der Waals surface area contributed by atoms with Gasteiger partial charge in [0.1, 0.15) is 17.4 Å². The van der Waals surface area contributed by atoms with Crippen LogP contribution >= 0.6 is 11.6 Å². The van der Waals surface area contributed by atoms with Crippen LogP contribution in [0.25, 0.3) is 16.8 Å². The van der Waals surface area contributed by atoms with Crippen LogP contribution in [0.5, 0.6) is 5.75 Å². The Kier molecular flexibility index (Phi) is 6.49. The Hall–Kier alpha value is -4.40. The van der Waals surface area contributed by atoms with Gasteiger partial charge in [-0.25, -0.2) is 4.79 Å². The number of nitrogens with zero attached hydrogens (tertiary/aromatic N) is 1. The molecule has 0 fully saturated rings. The molecule has 0 atom stereocenters. The summed E-state index contributed by atoms with van der Waals surface area (Å²) in [4.78, 5) is 24.8. The van der Waals surface area contributed by atoms with Crippen molar-refractivity contribution in [3.63, 3.8) is 0 Å². The Morgan fingerprint density at radius 2 is 1.64 bits per heavy atom. The summed E-state index contributed by atoms with van der Waals surface area (Å²) in [7, 11) is 0. The first-order valence-corrected chi connectivity index (χ1v) is 10.4. The Labute approximate surface area is 195 Å². The third-order valence-electron chi connectivity index (χ3n) is 4.83. The van der Waals surface area contributed by atoms with Crippen molar-refractivity contribution in [2.75, 3.05) is 5.32 Å². The molecular formula is C27H17ClN2O3. The molecule has 0 saturated carbocycles. The molecule has 0 radical (unpaired) electrons. The molecule has 4 aromatic carbocycles. The van der Waals surface area contributed by atoms with Gasteiger partial charge in [0.05, 0.1) is 5.56 Å². The molecule has 0 aliphatic heterocycles. The number of benzene rings is 4. The van der Waals surface area contributed by atoms with Crippen LogP contribution in [-0.2, 0) is 4.79 Å². The first kappa shape index (κ1) is 21.8. The molecule has 1 amide bonds. The SMILES string of the molecule is N#C/C(=C\c1ccc(OC(=O)c2cccc(Cl)c2)cc1)C(=O)Nc1ccc2ccccc2c1. The van der Waals surface area contributed by atoms with Gasteiger partial charge in [-0.1, -0.05) is 60.1 Å². The number of amides is 1. The number of rotatable bonds is 5. The fourth-order valence-electron chi connectivity index (χ4n) is 3.19. The van der Waals surface area contributed by atoms with Gasteiger partial charge in [-0.05, 0) is 64.9 Å². The number of carbonyl (C=O) groups is 2. The van der Waals surface area contributed by atoms with E-state index in [1.165, 1.54) is 12.1 Å². The zero-order chi connectivity index (χ0) is 23.2. The highest BCUT2D eigenvalue weighted by Gasteiger charge is 2.11. The van der Waals surface area contributed by atoms with E-state index in [2.05, 4.69) is 5.32 Å². The highest BCUT2D eigenvalue weighted by atomic mass is 35.5. The van der Waals surface area contributed by atoms with Crippen LogP contribution in [0.2, 0.25) is 5.02 Å². The maximum absolute atomic E-state index is 12.6. The Bertz CT molecular complexity index is 1420. The number of nitriles is 1.